The summed E-state index contributed by atoms with van der Waals surface area (Å²) in [6.07, 6.45) is 4.21. The van der Waals surface area contributed by atoms with Crippen molar-refractivity contribution in [3.63, 3.8) is 0 Å². The van der Waals surface area contributed by atoms with Crippen LogP contribution in [0.5, 0.6) is 0 Å². The van der Waals surface area contributed by atoms with E-state index in [9.17, 15) is 4.79 Å². The minimum Gasteiger partial charge on any atom is -0.378 e. The molecule has 1 heterocycles. The summed E-state index contributed by atoms with van der Waals surface area (Å²) in [4.78, 5) is 14.6. The Morgan fingerprint density at radius 1 is 1.33 bits per heavy atom. The van der Waals surface area contributed by atoms with Crippen LogP contribution in [-0.2, 0) is 9.53 Å². The Morgan fingerprint density at radius 2 is 1.94 bits per heavy atom. The van der Waals surface area contributed by atoms with Gasteiger partial charge in [-0.15, -0.1) is 0 Å². The molecule has 2 unspecified atom stereocenters. The Balaban J connectivity index is 2.05. The van der Waals surface area contributed by atoms with E-state index in [1.54, 1.807) is 0 Å². The molecule has 0 aromatic rings. The molecular formula is C14H26N2O2. The van der Waals surface area contributed by atoms with Gasteiger partial charge in [0.15, 0.2) is 0 Å². The Hall–Kier alpha value is -0.610. The lowest BCUT2D eigenvalue weighted by atomic mass is 9.54. The van der Waals surface area contributed by atoms with E-state index >= 15 is 0 Å². The van der Waals surface area contributed by atoms with E-state index in [2.05, 4.69) is 13.8 Å². The maximum absolute atomic E-state index is 12.6. The molecular weight excluding hydrogens is 228 g/mol. The smallest absolute Gasteiger partial charge is 0.243 e. The third kappa shape index (κ3) is 1.95. The summed E-state index contributed by atoms with van der Waals surface area (Å²) in [6.45, 7) is 8.51. The number of rotatable bonds is 3. The molecule has 0 spiro atoms. The topological polar surface area (TPSA) is 55.6 Å². The summed E-state index contributed by atoms with van der Waals surface area (Å²) in [5.74, 6) is 0.128. The predicted molar refractivity (Wildman–Crippen MR) is 71.2 cm³/mol. The first-order chi connectivity index (χ1) is 8.43. The first-order valence-corrected chi connectivity index (χ1v) is 7.13. The van der Waals surface area contributed by atoms with Crippen LogP contribution in [-0.4, -0.2) is 42.1 Å². The highest BCUT2D eigenvalue weighted by atomic mass is 16.5. The van der Waals surface area contributed by atoms with Crippen molar-refractivity contribution in [1.29, 1.82) is 0 Å². The van der Waals surface area contributed by atoms with E-state index < -0.39 is 5.54 Å². The highest BCUT2D eigenvalue weighted by molar-refractivity contribution is 5.89. The van der Waals surface area contributed by atoms with E-state index in [4.69, 9.17) is 10.5 Å². The van der Waals surface area contributed by atoms with E-state index in [0.717, 1.165) is 25.9 Å². The van der Waals surface area contributed by atoms with E-state index in [-0.39, 0.29) is 17.4 Å². The lowest BCUT2D eigenvalue weighted by Crippen LogP contribution is -2.76. The molecule has 0 aromatic carbocycles. The molecule has 0 bridgehead atoms. The van der Waals surface area contributed by atoms with Crippen LogP contribution in [0.2, 0.25) is 0 Å². The van der Waals surface area contributed by atoms with Crippen molar-refractivity contribution in [3.8, 4) is 0 Å². The largest absolute Gasteiger partial charge is 0.378 e. The van der Waals surface area contributed by atoms with Gasteiger partial charge in [-0.1, -0.05) is 13.8 Å². The fourth-order valence-electron chi connectivity index (χ4n) is 3.18. The molecule has 18 heavy (non-hydrogen) atoms. The van der Waals surface area contributed by atoms with Gasteiger partial charge in [0.25, 0.3) is 0 Å². The maximum atomic E-state index is 12.6. The van der Waals surface area contributed by atoms with Gasteiger partial charge in [-0.25, -0.2) is 0 Å². The minimum absolute atomic E-state index is 0.112. The molecule has 2 rings (SSSR count). The summed E-state index contributed by atoms with van der Waals surface area (Å²) in [7, 11) is 0. The van der Waals surface area contributed by atoms with Crippen molar-refractivity contribution in [2.45, 2.75) is 58.1 Å². The van der Waals surface area contributed by atoms with Crippen LogP contribution in [0.1, 0.15) is 46.5 Å². The molecule has 104 valence electrons. The monoisotopic (exact) mass is 254 g/mol. The molecule has 0 aromatic heterocycles. The van der Waals surface area contributed by atoms with Crippen molar-refractivity contribution in [2.75, 3.05) is 19.7 Å². The van der Waals surface area contributed by atoms with E-state index in [1.807, 2.05) is 11.8 Å². The van der Waals surface area contributed by atoms with E-state index in [1.165, 1.54) is 6.42 Å². The number of nitrogens with two attached hydrogens (primary N) is 1. The fraction of sp³-hybridized carbons (Fsp3) is 0.929. The standard InChI is InChI=1S/C14H26N2O2/c1-4-18-11-10-14(15,13(11,2)3)12(17)16-8-6-5-7-9-16/h11H,4-10,15H2,1-3H3. The Labute approximate surface area is 110 Å². The third-order valence-corrected chi connectivity index (χ3v) is 4.85. The molecule has 2 N–H and O–H groups in total. The number of piperidine rings is 1. The molecule has 4 heteroatoms. The van der Waals surface area contributed by atoms with Crippen molar-refractivity contribution >= 4 is 5.91 Å². The van der Waals surface area contributed by atoms with Crippen LogP contribution in [0.15, 0.2) is 0 Å². The summed E-state index contributed by atoms with van der Waals surface area (Å²) in [5.41, 5.74) is 5.41. The zero-order valence-corrected chi connectivity index (χ0v) is 11.9. The summed E-state index contributed by atoms with van der Waals surface area (Å²) < 4.78 is 5.68. The van der Waals surface area contributed by atoms with E-state index in [0.29, 0.717) is 13.0 Å². The van der Waals surface area contributed by atoms with Crippen LogP contribution in [0.25, 0.3) is 0 Å². The normalized spacial score (nSPS) is 35.1. The van der Waals surface area contributed by atoms with Crippen LogP contribution >= 0.6 is 0 Å². The second-order valence-electron chi connectivity index (χ2n) is 6.19. The van der Waals surface area contributed by atoms with Crippen molar-refractivity contribution in [1.82, 2.24) is 4.90 Å². The van der Waals surface area contributed by atoms with Crippen LogP contribution in [0, 0.1) is 5.41 Å². The quantitative estimate of drug-likeness (QED) is 0.831. The second kappa shape index (κ2) is 4.82. The van der Waals surface area contributed by atoms with Gasteiger partial charge in [-0.3, -0.25) is 4.79 Å². The number of hydrogen-bond acceptors (Lipinski definition) is 3. The average Bonchev–Trinajstić information content (AvgIpc) is 2.38. The average molecular weight is 254 g/mol. The molecule has 4 nitrogen and oxygen atoms in total. The third-order valence-electron chi connectivity index (χ3n) is 4.85. The summed E-state index contributed by atoms with van der Waals surface area (Å²) in [6, 6.07) is 0. The lowest BCUT2D eigenvalue weighted by Gasteiger charge is -2.58. The van der Waals surface area contributed by atoms with Gasteiger partial charge < -0.3 is 15.4 Å². The molecule has 1 aliphatic carbocycles. The molecule has 2 fully saturated rings. The van der Waals surface area contributed by atoms with Gasteiger partial charge in [0, 0.05) is 31.5 Å². The highest BCUT2D eigenvalue weighted by Gasteiger charge is 2.63. The first-order valence-electron chi connectivity index (χ1n) is 7.13. The number of hydrogen-bond donors (Lipinski definition) is 1. The van der Waals surface area contributed by atoms with Gasteiger partial charge in [-0.05, 0) is 26.2 Å². The second-order valence-corrected chi connectivity index (χ2v) is 6.19. The highest BCUT2D eigenvalue weighted by Crippen LogP contribution is 2.50. The predicted octanol–water partition coefficient (Wildman–Crippen LogP) is 1.53. The minimum atomic E-state index is -0.732. The number of carbonyl (C=O) groups excluding carboxylic acids is 1. The molecule has 0 radical (unpaired) electrons. The van der Waals surface area contributed by atoms with Crippen LogP contribution < -0.4 is 5.73 Å². The van der Waals surface area contributed by atoms with Crippen LogP contribution in [0.4, 0.5) is 0 Å². The lowest BCUT2D eigenvalue weighted by molar-refractivity contribution is -0.180. The molecule has 1 aliphatic heterocycles. The zero-order valence-electron chi connectivity index (χ0n) is 11.9. The SMILES string of the molecule is CCOC1CC(N)(C(=O)N2CCCCC2)C1(C)C. The number of carbonyl (C=O) groups is 1. The van der Waals surface area contributed by atoms with Gasteiger partial charge in [-0.2, -0.15) is 0 Å². The maximum Gasteiger partial charge on any atom is 0.243 e. The number of ether oxygens (including phenoxy) is 1. The Morgan fingerprint density at radius 3 is 2.44 bits per heavy atom. The number of nitrogens with zero attached hydrogens (tertiary/aromatic N) is 1. The number of likely N-dealkylation sites (tertiary alicyclic amines) is 1. The Bertz CT molecular complexity index is 324. The number of amides is 1. The first kappa shape index (κ1) is 13.8. The van der Waals surface area contributed by atoms with Crippen LogP contribution in [0.3, 0.4) is 0 Å². The fourth-order valence-corrected chi connectivity index (χ4v) is 3.18. The van der Waals surface area contributed by atoms with Gasteiger partial charge in [0.2, 0.25) is 5.91 Å². The molecule has 1 saturated carbocycles. The molecule has 2 aliphatic rings. The molecule has 1 amide bonds. The summed E-state index contributed by atoms with van der Waals surface area (Å²) >= 11 is 0. The van der Waals surface area contributed by atoms with Crippen molar-refractivity contribution in [3.05, 3.63) is 0 Å². The molecule has 2 atom stereocenters. The van der Waals surface area contributed by atoms with Gasteiger partial charge in [0.1, 0.15) is 5.54 Å². The summed E-state index contributed by atoms with van der Waals surface area (Å²) in [5, 5.41) is 0. The molecule has 1 saturated heterocycles. The Kier molecular flexibility index (Phi) is 3.70. The van der Waals surface area contributed by atoms with Gasteiger partial charge in [0.05, 0.1) is 6.10 Å². The zero-order chi connectivity index (χ0) is 13.4. The van der Waals surface area contributed by atoms with Gasteiger partial charge >= 0.3 is 0 Å². The van der Waals surface area contributed by atoms with Crippen molar-refractivity contribution < 1.29 is 9.53 Å². The van der Waals surface area contributed by atoms with Crippen molar-refractivity contribution in [2.24, 2.45) is 11.1 Å².